The fourth-order valence-corrected chi connectivity index (χ4v) is 10.4. The number of rotatable bonds is 51. The first kappa shape index (κ1) is 78.4. The van der Waals surface area contributed by atoms with Crippen LogP contribution in [-0.4, -0.2) is 18.5 Å². The molecule has 0 bridgehead atoms. The molecule has 0 aliphatic rings. The smallest absolute Gasteiger partial charge is 0.811 e. The Morgan fingerprint density at radius 3 is 0.368 bits per heavy atom. The second-order valence-corrected chi connectivity index (χ2v) is 24.9. The number of hydrogen-bond acceptors (Lipinski definition) is 9. The van der Waals surface area contributed by atoms with E-state index in [4.69, 9.17) is 0 Å². The van der Waals surface area contributed by atoms with E-state index in [0.29, 0.717) is 19.3 Å². The Bertz CT molecular complexity index is 931. The number of hydrogen-bond donors (Lipinski definition) is 0. The van der Waals surface area contributed by atoms with E-state index >= 15 is 0 Å². The summed E-state index contributed by atoms with van der Waals surface area (Å²) in [6.07, 6.45) is 59.8. The fourth-order valence-electron chi connectivity index (χ4n) is 8.56. The summed E-state index contributed by atoms with van der Waals surface area (Å²) in [4.78, 5) is 62.7. The first-order valence-electron chi connectivity index (χ1n) is 28.7. The van der Waals surface area contributed by atoms with Crippen molar-refractivity contribution in [3.63, 3.8) is 0 Å². The van der Waals surface area contributed by atoms with Gasteiger partial charge in [-0.05, 0) is 37.7 Å². The van der Waals surface area contributed by atoms with Crippen LogP contribution >= 0.6 is 22.8 Å². The van der Waals surface area contributed by atoms with Crippen molar-refractivity contribution in [2.24, 2.45) is 0 Å². The third-order valence-corrected chi connectivity index (χ3v) is 15.4. The molecule has 0 spiro atoms. The van der Waals surface area contributed by atoms with Crippen molar-refractivity contribution >= 4 is 22.8 Å². The molecule has 0 aromatic heterocycles. The average Bonchev–Trinajstić information content (AvgIpc) is 3.25. The zero-order valence-electron chi connectivity index (χ0n) is 44.7. The molecule has 68 heavy (non-hydrogen) atoms. The van der Waals surface area contributed by atoms with Gasteiger partial charge in [0.05, 0.1) is 0 Å². The topological polar surface area (TPSA) is 190 Å². The van der Waals surface area contributed by atoms with Gasteiger partial charge >= 0.3 is 33.6 Å². The van der Waals surface area contributed by atoms with Gasteiger partial charge in [0.15, 0.2) is 0 Å². The Morgan fingerprint density at radius 1 is 0.191 bits per heavy atom. The van der Waals surface area contributed by atoms with Gasteiger partial charge in [-0.2, -0.15) is 0 Å². The first-order chi connectivity index (χ1) is 31.7. The summed E-state index contributed by atoms with van der Waals surface area (Å²) in [6.45, 7) is 6.78. The van der Waals surface area contributed by atoms with Crippen LogP contribution in [0, 0.1) is 0 Å². The predicted octanol–water partition coefficient (Wildman–Crippen LogP) is 15.5. The molecule has 0 aliphatic carbocycles. The van der Waals surface area contributed by atoms with Crippen molar-refractivity contribution in [3.8, 4) is 0 Å². The SMILES string of the molecule is CCCCCCCCCCCCCCCCCCP(=O)([O-])[O-].CCCCCCCCCCCCCCCCCCP(=O)([O-])[O-].CCCCCCCCCCCCCCCCCCP(=O)([O-])[O-].[Co+3].[Co+3]. The van der Waals surface area contributed by atoms with Gasteiger partial charge < -0.3 is 43.1 Å². The molecule has 0 radical (unpaired) electrons. The molecule has 0 rings (SSSR count). The Hall–Kier alpha value is 1.46. The van der Waals surface area contributed by atoms with E-state index in [-0.39, 0.29) is 52.0 Å². The summed E-state index contributed by atoms with van der Waals surface area (Å²) in [7, 11) is -12.8. The molecule has 0 aromatic rings. The Balaban J connectivity index is -0.000000288. The van der Waals surface area contributed by atoms with Gasteiger partial charge in [0, 0.05) is 0 Å². The zero-order chi connectivity index (χ0) is 49.6. The van der Waals surface area contributed by atoms with Crippen LogP contribution in [0.25, 0.3) is 0 Å². The second kappa shape index (κ2) is 62.8. The van der Waals surface area contributed by atoms with Gasteiger partial charge in [0.25, 0.3) is 0 Å². The third kappa shape index (κ3) is 87.2. The zero-order valence-corrected chi connectivity index (χ0v) is 49.5. The van der Waals surface area contributed by atoms with Crippen LogP contribution in [-0.2, 0) is 47.3 Å². The summed E-state index contributed by atoms with van der Waals surface area (Å²) in [6, 6.07) is 0. The molecule has 0 fully saturated rings. The molecule has 0 heterocycles. The molecule has 0 N–H and O–H groups in total. The normalized spacial score (nSPS) is 11.6. The van der Waals surface area contributed by atoms with E-state index in [2.05, 4.69) is 20.8 Å². The van der Waals surface area contributed by atoms with Gasteiger partial charge in [-0.1, -0.05) is 332 Å². The van der Waals surface area contributed by atoms with Crippen molar-refractivity contribution in [1.82, 2.24) is 0 Å². The standard InChI is InChI=1S/3C18H39O3P.2Co/c3*1-2-3-4-5-6-7-8-9-10-11-12-13-14-15-16-17-18-22(19,20)21;;/h3*2-18H2,1H3,(H2,19,20,21);;/q;;;2*+3/p-6. The molecular formula is C54H111Co2O9P3. The maximum absolute atomic E-state index is 10.5. The van der Waals surface area contributed by atoms with E-state index in [1.54, 1.807) is 0 Å². The van der Waals surface area contributed by atoms with Crippen molar-refractivity contribution in [2.75, 3.05) is 18.5 Å². The van der Waals surface area contributed by atoms with Crippen molar-refractivity contribution in [2.45, 2.75) is 329 Å². The predicted molar refractivity (Wildman–Crippen MR) is 276 cm³/mol. The summed E-state index contributed by atoms with van der Waals surface area (Å²) in [5.41, 5.74) is 0. The average molecular weight is 1120 g/mol. The molecule has 414 valence electrons. The van der Waals surface area contributed by atoms with E-state index in [1.165, 1.54) is 250 Å². The van der Waals surface area contributed by atoms with Gasteiger partial charge in [0.2, 0.25) is 0 Å². The Labute approximate surface area is 444 Å². The minimum atomic E-state index is -4.25. The quantitative estimate of drug-likeness (QED) is 0.0421. The van der Waals surface area contributed by atoms with E-state index in [0.717, 1.165) is 38.5 Å². The maximum Gasteiger partial charge on any atom is 3.00 e. The summed E-state index contributed by atoms with van der Waals surface area (Å²) in [5, 5.41) is 0. The van der Waals surface area contributed by atoms with Crippen molar-refractivity contribution in [1.29, 1.82) is 0 Å². The van der Waals surface area contributed by atoms with Gasteiger partial charge in [-0.15, -0.1) is 0 Å². The van der Waals surface area contributed by atoms with E-state index < -0.39 is 22.8 Å². The number of unbranched alkanes of at least 4 members (excludes halogenated alkanes) is 45. The monoisotopic (exact) mass is 1110 g/mol. The molecule has 0 amide bonds. The molecule has 0 atom stereocenters. The summed E-state index contributed by atoms with van der Waals surface area (Å²) in [5.74, 6) is 0. The summed E-state index contributed by atoms with van der Waals surface area (Å²) >= 11 is 0. The molecule has 0 aliphatic heterocycles. The second-order valence-electron chi connectivity index (χ2n) is 19.9. The van der Waals surface area contributed by atoms with Crippen LogP contribution in [0.5, 0.6) is 0 Å². The maximum atomic E-state index is 10.5. The van der Waals surface area contributed by atoms with Crippen LogP contribution in [0.1, 0.15) is 329 Å². The van der Waals surface area contributed by atoms with Crippen LogP contribution in [0.15, 0.2) is 0 Å². The Morgan fingerprint density at radius 2 is 0.279 bits per heavy atom. The largest absolute Gasteiger partial charge is 3.00 e. The third-order valence-electron chi connectivity index (χ3n) is 12.9. The molecule has 9 nitrogen and oxygen atoms in total. The van der Waals surface area contributed by atoms with Crippen LogP contribution in [0.3, 0.4) is 0 Å². The van der Waals surface area contributed by atoms with Gasteiger partial charge in [-0.3, -0.25) is 0 Å². The molecule has 0 saturated carbocycles. The van der Waals surface area contributed by atoms with Crippen LogP contribution in [0.4, 0.5) is 0 Å². The first-order valence-corrected chi connectivity index (χ1v) is 33.9. The fraction of sp³-hybridized carbons (Fsp3) is 1.00. The van der Waals surface area contributed by atoms with Crippen LogP contribution < -0.4 is 29.4 Å². The Kier molecular flexibility index (Phi) is 72.3. The van der Waals surface area contributed by atoms with E-state index in [9.17, 15) is 43.1 Å². The molecular weight excluding hydrogens is 1000 g/mol. The minimum absolute atomic E-state index is 0. The van der Waals surface area contributed by atoms with Crippen LogP contribution in [0.2, 0.25) is 0 Å². The molecule has 0 aromatic carbocycles. The van der Waals surface area contributed by atoms with Gasteiger partial charge in [-0.25, -0.2) is 0 Å². The van der Waals surface area contributed by atoms with Gasteiger partial charge in [0.1, 0.15) is 0 Å². The molecule has 14 heteroatoms. The molecule has 0 unspecified atom stereocenters. The molecule has 0 saturated heterocycles. The van der Waals surface area contributed by atoms with Crippen molar-refractivity contribution < 1.29 is 76.6 Å². The van der Waals surface area contributed by atoms with Crippen molar-refractivity contribution in [3.05, 3.63) is 0 Å². The summed E-state index contributed by atoms with van der Waals surface area (Å²) < 4.78 is 31.4. The van der Waals surface area contributed by atoms with E-state index in [1.807, 2.05) is 0 Å². The minimum Gasteiger partial charge on any atom is -0.811 e.